The van der Waals surface area contributed by atoms with Crippen LogP contribution in [0.25, 0.3) is 0 Å². The molecule has 1 fully saturated rings. The van der Waals surface area contributed by atoms with E-state index in [1.807, 2.05) is 35.7 Å². The van der Waals surface area contributed by atoms with Crippen LogP contribution in [-0.4, -0.2) is 60.3 Å². The van der Waals surface area contributed by atoms with Gasteiger partial charge in [0.2, 0.25) is 5.91 Å². The van der Waals surface area contributed by atoms with Gasteiger partial charge in [0.25, 0.3) is 5.91 Å². The van der Waals surface area contributed by atoms with Gasteiger partial charge in [-0.2, -0.15) is 5.10 Å². The third kappa shape index (κ3) is 4.72. The number of morpholine rings is 1. The highest BCUT2D eigenvalue weighted by atomic mass is 32.1. The van der Waals surface area contributed by atoms with Crippen molar-refractivity contribution in [1.29, 1.82) is 0 Å². The van der Waals surface area contributed by atoms with E-state index in [2.05, 4.69) is 16.3 Å². The molecule has 0 spiro atoms. The number of carbonyl (C=O) groups excluding carboxylic acids is 2. The summed E-state index contributed by atoms with van der Waals surface area (Å²) in [5.41, 5.74) is 2.49. The Bertz CT molecular complexity index is 906. The fraction of sp³-hybridized carbons (Fsp3) is 0.381. The minimum absolute atomic E-state index is 0.00156. The molecule has 2 aliphatic rings. The molecule has 0 aliphatic carbocycles. The Labute approximate surface area is 174 Å². The average molecular weight is 413 g/mol. The summed E-state index contributed by atoms with van der Waals surface area (Å²) in [6.45, 7) is 4.67. The number of hydrazone groups is 1. The molecule has 2 aromatic rings. The lowest BCUT2D eigenvalue weighted by molar-refractivity contribution is -0.135. The van der Waals surface area contributed by atoms with E-state index in [9.17, 15) is 9.59 Å². The maximum atomic E-state index is 13.1. The van der Waals surface area contributed by atoms with Gasteiger partial charge in [0.05, 0.1) is 31.5 Å². The number of thiophene rings is 1. The molecule has 1 saturated heterocycles. The lowest BCUT2D eigenvalue weighted by Gasteiger charge is -2.28. The molecule has 1 N–H and O–H groups in total. The SMILES string of the molecule is CC(=O)Nc1cccc(C2=NN(C(=O)CN3CCOCC3)C(c3cccs3)C2)c1. The molecule has 4 rings (SSSR count). The Hall–Kier alpha value is -2.55. The lowest BCUT2D eigenvalue weighted by Crippen LogP contribution is -2.43. The van der Waals surface area contributed by atoms with Crippen LogP contribution >= 0.6 is 11.3 Å². The number of rotatable bonds is 5. The van der Waals surface area contributed by atoms with Crippen LogP contribution in [0.3, 0.4) is 0 Å². The van der Waals surface area contributed by atoms with E-state index in [1.54, 1.807) is 16.3 Å². The first-order valence-electron chi connectivity index (χ1n) is 9.71. The number of nitrogens with zero attached hydrogens (tertiary/aromatic N) is 3. The Morgan fingerprint density at radius 3 is 2.79 bits per heavy atom. The Kier molecular flexibility index (Phi) is 6.03. The van der Waals surface area contributed by atoms with Crippen molar-refractivity contribution in [2.24, 2.45) is 5.10 Å². The van der Waals surface area contributed by atoms with Crippen LogP contribution in [0.15, 0.2) is 46.9 Å². The topological polar surface area (TPSA) is 74.2 Å². The van der Waals surface area contributed by atoms with Gasteiger partial charge in [-0.15, -0.1) is 11.3 Å². The normalized spacial score (nSPS) is 19.8. The maximum Gasteiger partial charge on any atom is 0.257 e. The number of nitrogens with one attached hydrogen (secondary N) is 1. The van der Waals surface area contributed by atoms with Crippen molar-refractivity contribution in [3.63, 3.8) is 0 Å². The predicted molar refractivity (Wildman–Crippen MR) is 113 cm³/mol. The summed E-state index contributed by atoms with van der Waals surface area (Å²) in [5, 5.41) is 11.2. The molecule has 0 bridgehead atoms. The first-order valence-corrected chi connectivity index (χ1v) is 10.6. The number of carbonyl (C=O) groups is 2. The summed E-state index contributed by atoms with van der Waals surface area (Å²) in [4.78, 5) is 27.7. The van der Waals surface area contributed by atoms with Crippen molar-refractivity contribution in [3.8, 4) is 0 Å². The summed E-state index contributed by atoms with van der Waals surface area (Å²) >= 11 is 1.64. The van der Waals surface area contributed by atoms with Crippen molar-refractivity contribution in [3.05, 3.63) is 52.2 Å². The fourth-order valence-electron chi connectivity index (χ4n) is 3.62. The summed E-state index contributed by atoms with van der Waals surface area (Å²) < 4.78 is 5.38. The lowest BCUT2D eigenvalue weighted by atomic mass is 10.0. The molecule has 1 aromatic heterocycles. The maximum absolute atomic E-state index is 13.1. The van der Waals surface area contributed by atoms with Crippen molar-refractivity contribution >= 4 is 34.6 Å². The van der Waals surface area contributed by atoms with Gasteiger partial charge in [0, 0.05) is 37.0 Å². The van der Waals surface area contributed by atoms with Crippen LogP contribution in [0.2, 0.25) is 0 Å². The molecule has 2 amide bonds. The first-order chi connectivity index (χ1) is 14.1. The number of hydrogen-bond donors (Lipinski definition) is 1. The van der Waals surface area contributed by atoms with Crippen molar-refractivity contribution in [1.82, 2.24) is 9.91 Å². The van der Waals surface area contributed by atoms with Gasteiger partial charge in [-0.25, -0.2) is 5.01 Å². The molecule has 3 heterocycles. The smallest absolute Gasteiger partial charge is 0.257 e. The molecule has 7 nitrogen and oxygen atoms in total. The standard InChI is InChI=1S/C21H24N4O3S/c1-15(26)22-17-5-2-4-16(12-17)18-13-19(20-6-3-11-29-20)25(23-18)21(27)14-24-7-9-28-10-8-24/h2-6,11-12,19H,7-10,13-14H2,1H3,(H,22,26). The first kappa shape index (κ1) is 19.8. The van der Waals surface area contributed by atoms with Crippen molar-refractivity contribution in [2.45, 2.75) is 19.4 Å². The zero-order valence-electron chi connectivity index (χ0n) is 16.3. The highest BCUT2D eigenvalue weighted by Gasteiger charge is 2.34. The van der Waals surface area contributed by atoms with Crippen molar-refractivity contribution in [2.75, 3.05) is 38.2 Å². The summed E-state index contributed by atoms with van der Waals surface area (Å²) in [6.07, 6.45) is 0.652. The van der Waals surface area contributed by atoms with E-state index >= 15 is 0 Å². The zero-order chi connectivity index (χ0) is 20.2. The Morgan fingerprint density at radius 1 is 1.24 bits per heavy atom. The number of benzene rings is 1. The number of amides is 2. The van der Waals surface area contributed by atoms with Gasteiger partial charge >= 0.3 is 0 Å². The van der Waals surface area contributed by atoms with Crippen LogP contribution in [0.4, 0.5) is 5.69 Å². The van der Waals surface area contributed by atoms with Gasteiger partial charge in [0.1, 0.15) is 0 Å². The highest BCUT2D eigenvalue weighted by Crippen LogP contribution is 2.35. The Morgan fingerprint density at radius 2 is 2.07 bits per heavy atom. The monoisotopic (exact) mass is 412 g/mol. The quantitative estimate of drug-likeness (QED) is 0.820. The summed E-state index contributed by atoms with van der Waals surface area (Å²) in [7, 11) is 0. The van der Waals surface area contributed by atoms with Crippen LogP contribution in [-0.2, 0) is 14.3 Å². The van der Waals surface area contributed by atoms with Gasteiger partial charge in [-0.1, -0.05) is 18.2 Å². The van der Waals surface area contributed by atoms with E-state index in [1.165, 1.54) is 6.92 Å². The minimum Gasteiger partial charge on any atom is -0.379 e. The third-order valence-electron chi connectivity index (χ3n) is 5.02. The second kappa shape index (κ2) is 8.86. The molecular weight excluding hydrogens is 388 g/mol. The van der Waals surface area contributed by atoms with Gasteiger partial charge < -0.3 is 10.1 Å². The molecule has 29 heavy (non-hydrogen) atoms. The molecule has 1 aromatic carbocycles. The molecule has 2 aliphatic heterocycles. The second-order valence-corrected chi connectivity index (χ2v) is 8.15. The predicted octanol–water partition coefficient (Wildman–Crippen LogP) is 2.72. The number of hydrogen-bond acceptors (Lipinski definition) is 6. The van der Waals surface area contributed by atoms with Crippen LogP contribution in [0, 0.1) is 0 Å². The number of anilines is 1. The van der Waals surface area contributed by atoms with E-state index < -0.39 is 0 Å². The molecule has 152 valence electrons. The van der Waals surface area contributed by atoms with Crippen LogP contribution in [0.1, 0.15) is 29.8 Å². The molecule has 1 unspecified atom stereocenters. The summed E-state index contributed by atoms with van der Waals surface area (Å²) in [5.74, 6) is -0.118. The zero-order valence-corrected chi connectivity index (χ0v) is 17.2. The second-order valence-electron chi connectivity index (χ2n) is 7.17. The Balaban J connectivity index is 1.57. The number of ether oxygens (including phenoxy) is 1. The van der Waals surface area contributed by atoms with Crippen LogP contribution in [0.5, 0.6) is 0 Å². The van der Waals surface area contributed by atoms with Gasteiger partial charge in [0.15, 0.2) is 0 Å². The van der Waals surface area contributed by atoms with E-state index in [0.717, 1.165) is 34.9 Å². The van der Waals surface area contributed by atoms with Crippen LogP contribution < -0.4 is 5.32 Å². The summed E-state index contributed by atoms with van der Waals surface area (Å²) in [6, 6.07) is 11.6. The van der Waals surface area contributed by atoms with E-state index in [-0.39, 0.29) is 17.9 Å². The molecule has 8 heteroatoms. The molecule has 1 atom stereocenters. The largest absolute Gasteiger partial charge is 0.379 e. The van der Waals surface area contributed by atoms with Gasteiger partial charge in [-0.3, -0.25) is 14.5 Å². The van der Waals surface area contributed by atoms with Gasteiger partial charge in [-0.05, 0) is 29.1 Å². The van der Waals surface area contributed by atoms with Crippen molar-refractivity contribution < 1.29 is 14.3 Å². The average Bonchev–Trinajstić information content (AvgIpc) is 3.38. The highest BCUT2D eigenvalue weighted by molar-refractivity contribution is 7.10. The molecule has 0 radical (unpaired) electrons. The van der Waals surface area contributed by atoms with E-state index in [0.29, 0.717) is 26.2 Å². The minimum atomic E-state index is -0.116. The van der Waals surface area contributed by atoms with E-state index in [4.69, 9.17) is 9.84 Å². The molecule has 0 saturated carbocycles. The third-order valence-corrected chi connectivity index (χ3v) is 5.99. The fourth-order valence-corrected chi connectivity index (χ4v) is 4.43. The molecular formula is C21H24N4O3S.